The van der Waals surface area contributed by atoms with E-state index < -0.39 is 21.0 Å². The minimum absolute atomic E-state index is 0.0517. The second-order valence-electron chi connectivity index (χ2n) is 5.84. The summed E-state index contributed by atoms with van der Waals surface area (Å²) in [5.41, 5.74) is 1.00. The zero-order valence-electron chi connectivity index (χ0n) is 13.8. The Kier molecular flexibility index (Phi) is 5.67. The van der Waals surface area contributed by atoms with Crippen molar-refractivity contribution in [3.8, 4) is 0 Å². The molecule has 0 aliphatic heterocycles. The Labute approximate surface area is 147 Å². The molecule has 0 fully saturated rings. The molecule has 1 atom stereocenters. The van der Waals surface area contributed by atoms with Crippen LogP contribution in [0.2, 0.25) is 5.02 Å². The van der Waals surface area contributed by atoms with Crippen molar-refractivity contribution in [2.45, 2.75) is 37.0 Å². The van der Waals surface area contributed by atoms with Gasteiger partial charge < -0.3 is 5.32 Å². The number of sulfone groups is 1. The number of amides is 1. The van der Waals surface area contributed by atoms with Crippen molar-refractivity contribution in [2.75, 3.05) is 0 Å². The fraction of sp³-hybridized carbons (Fsp3) is 0.278. The second-order valence-corrected chi connectivity index (χ2v) is 8.75. The molecule has 0 heterocycles. The van der Waals surface area contributed by atoms with Gasteiger partial charge in [-0.05, 0) is 50.6 Å². The molecule has 0 bridgehead atoms. The Morgan fingerprint density at radius 2 is 1.71 bits per heavy atom. The van der Waals surface area contributed by atoms with Crippen LogP contribution in [-0.4, -0.2) is 19.6 Å². The van der Waals surface area contributed by atoms with E-state index in [1.54, 1.807) is 44.2 Å². The van der Waals surface area contributed by atoms with Gasteiger partial charge >= 0.3 is 0 Å². The maximum atomic E-state index is 12.6. The number of benzene rings is 2. The summed E-state index contributed by atoms with van der Waals surface area (Å²) in [4.78, 5) is 12.6. The van der Waals surface area contributed by atoms with E-state index >= 15 is 0 Å². The molecule has 24 heavy (non-hydrogen) atoms. The van der Waals surface area contributed by atoms with Crippen LogP contribution in [0.5, 0.6) is 0 Å². The summed E-state index contributed by atoms with van der Waals surface area (Å²) in [6, 6.07) is 13.1. The number of hydrogen-bond acceptors (Lipinski definition) is 3. The van der Waals surface area contributed by atoms with Crippen molar-refractivity contribution < 1.29 is 13.2 Å². The second kappa shape index (κ2) is 7.36. The molecule has 6 heteroatoms. The van der Waals surface area contributed by atoms with E-state index in [0.29, 0.717) is 5.02 Å². The lowest BCUT2D eigenvalue weighted by Crippen LogP contribution is -2.29. The number of carbonyl (C=O) groups excluding carboxylic acids is 1. The number of carbonyl (C=O) groups is 1. The molecule has 0 aliphatic rings. The van der Waals surface area contributed by atoms with Crippen molar-refractivity contribution in [3.05, 3.63) is 64.7 Å². The Balaban J connectivity index is 2.31. The van der Waals surface area contributed by atoms with E-state index in [-0.39, 0.29) is 16.5 Å². The van der Waals surface area contributed by atoms with Gasteiger partial charge in [0.05, 0.1) is 21.8 Å². The van der Waals surface area contributed by atoms with Gasteiger partial charge in [0.25, 0.3) is 5.91 Å². The van der Waals surface area contributed by atoms with Gasteiger partial charge in [0.15, 0.2) is 9.84 Å². The third kappa shape index (κ3) is 3.97. The third-order valence-electron chi connectivity index (χ3n) is 3.76. The van der Waals surface area contributed by atoms with Gasteiger partial charge in [-0.15, -0.1) is 0 Å². The van der Waals surface area contributed by atoms with Gasteiger partial charge in [-0.3, -0.25) is 4.79 Å². The first kappa shape index (κ1) is 18.5. The van der Waals surface area contributed by atoms with Crippen LogP contribution in [-0.2, 0) is 9.84 Å². The molecular weight excluding hydrogens is 346 g/mol. The van der Waals surface area contributed by atoms with E-state index in [1.807, 2.05) is 13.0 Å². The van der Waals surface area contributed by atoms with Gasteiger partial charge in [0.2, 0.25) is 0 Å². The lowest BCUT2D eigenvalue weighted by atomic mass is 10.1. The molecule has 0 unspecified atom stereocenters. The summed E-state index contributed by atoms with van der Waals surface area (Å²) in [6.07, 6.45) is 0. The molecule has 0 saturated carbocycles. The molecule has 2 aromatic rings. The average molecular weight is 366 g/mol. The molecule has 1 N–H and O–H groups in total. The monoisotopic (exact) mass is 365 g/mol. The topological polar surface area (TPSA) is 63.2 Å². The fourth-order valence-corrected chi connectivity index (χ4v) is 3.73. The Hall–Kier alpha value is -1.85. The SMILES string of the molecule is CC(C)S(=O)(=O)c1ccccc1C(=O)N[C@@H](C)c1cccc(Cl)c1. The summed E-state index contributed by atoms with van der Waals surface area (Å²) in [5, 5.41) is 2.81. The Morgan fingerprint density at radius 1 is 1.04 bits per heavy atom. The fourth-order valence-electron chi connectivity index (χ4n) is 2.29. The quantitative estimate of drug-likeness (QED) is 0.870. The standard InChI is InChI=1S/C18H20ClNO3S/c1-12(2)24(22,23)17-10-5-4-9-16(17)18(21)20-13(3)14-7-6-8-15(19)11-14/h4-13H,1-3H3,(H,20,21)/t13-/m0/s1. The minimum Gasteiger partial charge on any atom is -0.345 e. The molecular formula is C18H20ClNO3S. The van der Waals surface area contributed by atoms with Crippen LogP contribution < -0.4 is 5.32 Å². The predicted octanol–water partition coefficient (Wildman–Crippen LogP) is 4.01. The van der Waals surface area contributed by atoms with E-state index in [0.717, 1.165) is 5.56 Å². The maximum absolute atomic E-state index is 12.6. The van der Waals surface area contributed by atoms with E-state index in [2.05, 4.69) is 5.32 Å². The molecule has 128 valence electrons. The van der Waals surface area contributed by atoms with Gasteiger partial charge in [-0.2, -0.15) is 0 Å². The van der Waals surface area contributed by atoms with E-state index in [4.69, 9.17) is 11.6 Å². The highest BCUT2D eigenvalue weighted by Gasteiger charge is 2.25. The van der Waals surface area contributed by atoms with Crippen molar-refractivity contribution in [3.63, 3.8) is 0 Å². The number of hydrogen-bond donors (Lipinski definition) is 1. The summed E-state index contributed by atoms with van der Waals surface area (Å²) in [6.45, 7) is 5.01. The molecule has 0 aliphatic carbocycles. The predicted molar refractivity (Wildman–Crippen MR) is 96.1 cm³/mol. The average Bonchev–Trinajstić information content (AvgIpc) is 2.54. The van der Waals surface area contributed by atoms with Crippen molar-refractivity contribution in [1.29, 1.82) is 0 Å². The smallest absolute Gasteiger partial charge is 0.253 e. The van der Waals surface area contributed by atoms with Gasteiger partial charge in [0.1, 0.15) is 0 Å². The largest absolute Gasteiger partial charge is 0.345 e. The van der Waals surface area contributed by atoms with Crippen molar-refractivity contribution in [2.24, 2.45) is 0 Å². The van der Waals surface area contributed by atoms with Crippen LogP contribution in [0.3, 0.4) is 0 Å². The number of halogens is 1. The van der Waals surface area contributed by atoms with Crippen LogP contribution in [0, 0.1) is 0 Å². The molecule has 0 radical (unpaired) electrons. The van der Waals surface area contributed by atoms with Crippen LogP contribution in [0.15, 0.2) is 53.4 Å². The van der Waals surface area contributed by atoms with Crippen LogP contribution in [0.1, 0.15) is 42.7 Å². The van der Waals surface area contributed by atoms with Gasteiger partial charge in [-0.1, -0.05) is 35.9 Å². The molecule has 4 nitrogen and oxygen atoms in total. The van der Waals surface area contributed by atoms with Crippen LogP contribution in [0.25, 0.3) is 0 Å². The lowest BCUT2D eigenvalue weighted by Gasteiger charge is -2.17. The maximum Gasteiger partial charge on any atom is 0.253 e. The normalized spacial score (nSPS) is 12.9. The Bertz CT molecular complexity index is 847. The molecule has 2 aromatic carbocycles. The first-order valence-corrected chi connectivity index (χ1v) is 9.55. The summed E-state index contributed by atoms with van der Waals surface area (Å²) >= 11 is 5.97. The van der Waals surface area contributed by atoms with Crippen molar-refractivity contribution >= 4 is 27.3 Å². The first-order valence-electron chi connectivity index (χ1n) is 7.62. The summed E-state index contributed by atoms with van der Waals surface area (Å²) < 4.78 is 24.9. The first-order chi connectivity index (χ1) is 11.2. The number of nitrogens with one attached hydrogen (secondary N) is 1. The highest BCUT2D eigenvalue weighted by atomic mass is 35.5. The Morgan fingerprint density at radius 3 is 2.33 bits per heavy atom. The lowest BCUT2D eigenvalue weighted by molar-refractivity contribution is 0.0936. The van der Waals surface area contributed by atoms with Crippen molar-refractivity contribution in [1.82, 2.24) is 5.32 Å². The molecule has 0 aromatic heterocycles. The van der Waals surface area contributed by atoms with Crippen LogP contribution >= 0.6 is 11.6 Å². The third-order valence-corrected chi connectivity index (χ3v) is 6.20. The van der Waals surface area contributed by atoms with E-state index in [9.17, 15) is 13.2 Å². The molecule has 0 spiro atoms. The van der Waals surface area contributed by atoms with Gasteiger partial charge in [0, 0.05) is 5.02 Å². The minimum atomic E-state index is -3.54. The summed E-state index contributed by atoms with van der Waals surface area (Å²) in [7, 11) is -3.54. The van der Waals surface area contributed by atoms with Gasteiger partial charge in [-0.25, -0.2) is 8.42 Å². The summed E-state index contributed by atoms with van der Waals surface area (Å²) in [5.74, 6) is -0.428. The highest BCUT2D eigenvalue weighted by molar-refractivity contribution is 7.92. The van der Waals surface area contributed by atoms with Crippen LogP contribution in [0.4, 0.5) is 0 Å². The van der Waals surface area contributed by atoms with E-state index in [1.165, 1.54) is 12.1 Å². The molecule has 2 rings (SSSR count). The zero-order valence-corrected chi connectivity index (χ0v) is 15.4. The zero-order chi connectivity index (χ0) is 17.9. The molecule has 1 amide bonds. The highest BCUT2D eigenvalue weighted by Crippen LogP contribution is 2.22. The number of rotatable bonds is 5. The molecule has 0 saturated heterocycles.